The van der Waals surface area contributed by atoms with Crippen LogP contribution in [0.5, 0.6) is 0 Å². The molecular formula is C13H16N2O2S2. The average molecular weight is 296 g/mol. The zero-order chi connectivity index (χ0) is 13.9. The number of rotatable bonds is 5. The van der Waals surface area contributed by atoms with Crippen molar-refractivity contribution in [1.82, 2.24) is 0 Å². The van der Waals surface area contributed by atoms with E-state index in [1.165, 1.54) is 16.9 Å². The van der Waals surface area contributed by atoms with Gasteiger partial charge in [-0.2, -0.15) is 0 Å². The van der Waals surface area contributed by atoms with Gasteiger partial charge in [-0.1, -0.05) is 19.1 Å². The van der Waals surface area contributed by atoms with Crippen molar-refractivity contribution >= 4 is 27.0 Å². The van der Waals surface area contributed by atoms with Gasteiger partial charge >= 0.3 is 0 Å². The summed E-state index contributed by atoms with van der Waals surface area (Å²) < 4.78 is 27.0. The topological polar surface area (TPSA) is 72.2 Å². The first-order valence-corrected chi connectivity index (χ1v) is 8.31. The Labute approximate surface area is 117 Å². The molecule has 1 aromatic carbocycles. The largest absolute Gasteiger partial charge is 0.326 e. The van der Waals surface area contributed by atoms with Crippen LogP contribution in [0.1, 0.15) is 17.4 Å². The molecule has 0 aliphatic rings. The Bertz CT molecular complexity index is 646. The Morgan fingerprint density at radius 1 is 1.21 bits per heavy atom. The van der Waals surface area contributed by atoms with Gasteiger partial charge in [0.15, 0.2) is 0 Å². The quantitative estimate of drug-likeness (QED) is 0.890. The fourth-order valence-electron chi connectivity index (χ4n) is 1.74. The third kappa shape index (κ3) is 3.15. The fraction of sp³-hybridized carbons (Fsp3) is 0.231. The van der Waals surface area contributed by atoms with Gasteiger partial charge in [-0.05, 0) is 35.6 Å². The van der Waals surface area contributed by atoms with Gasteiger partial charge < -0.3 is 5.73 Å². The Morgan fingerprint density at radius 2 is 1.89 bits per heavy atom. The van der Waals surface area contributed by atoms with Gasteiger partial charge in [-0.3, -0.25) is 4.72 Å². The highest BCUT2D eigenvalue weighted by atomic mass is 32.2. The van der Waals surface area contributed by atoms with E-state index in [0.717, 1.165) is 6.42 Å². The highest BCUT2D eigenvalue weighted by Crippen LogP contribution is 2.24. The van der Waals surface area contributed by atoms with Crippen molar-refractivity contribution in [3.63, 3.8) is 0 Å². The molecule has 1 heterocycles. The molecule has 3 N–H and O–H groups in total. The fourth-order valence-corrected chi connectivity index (χ4v) is 4.13. The van der Waals surface area contributed by atoms with Crippen molar-refractivity contribution in [2.24, 2.45) is 5.73 Å². The number of nitrogens with one attached hydrogen (secondary N) is 1. The molecule has 0 aliphatic heterocycles. The lowest BCUT2D eigenvalue weighted by Crippen LogP contribution is -2.14. The van der Waals surface area contributed by atoms with E-state index in [-0.39, 0.29) is 11.4 Å². The van der Waals surface area contributed by atoms with E-state index < -0.39 is 10.0 Å². The maximum absolute atomic E-state index is 12.2. The van der Waals surface area contributed by atoms with Crippen molar-refractivity contribution in [2.75, 3.05) is 4.72 Å². The van der Waals surface area contributed by atoms with E-state index in [0.29, 0.717) is 10.6 Å². The molecule has 102 valence electrons. The van der Waals surface area contributed by atoms with Crippen LogP contribution in [0.4, 0.5) is 5.69 Å². The third-order valence-corrected chi connectivity index (χ3v) is 5.33. The van der Waals surface area contributed by atoms with Crippen LogP contribution in [0.2, 0.25) is 0 Å². The van der Waals surface area contributed by atoms with Crippen LogP contribution >= 0.6 is 11.3 Å². The van der Waals surface area contributed by atoms with Gasteiger partial charge in [-0.25, -0.2) is 8.42 Å². The van der Waals surface area contributed by atoms with E-state index in [2.05, 4.69) is 11.6 Å². The lowest BCUT2D eigenvalue weighted by Gasteiger charge is -2.08. The van der Waals surface area contributed by atoms with Gasteiger partial charge in [0.1, 0.15) is 4.90 Å². The van der Waals surface area contributed by atoms with E-state index in [1.807, 2.05) is 12.1 Å². The Hall–Kier alpha value is -1.37. The van der Waals surface area contributed by atoms with E-state index >= 15 is 0 Å². The van der Waals surface area contributed by atoms with Crippen LogP contribution in [0, 0.1) is 0 Å². The summed E-state index contributed by atoms with van der Waals surface area (Å²) in [6.45, 7) is 2.28. The number of nitrogens with two attached hydrogens (primary N) is 1. The molecule has 6 heteroatoms. The molecule has 0 amide bonds. The molecular weight excluding hydrogens is 280 g/mol. The standard InChI is InChI=1S/C13H16N2O2S2/c1-2-10-3-5-11(6-4-10)15-19(16,17)13-7-8-18-12(13)9-14/h3-8,15H,2,9,14H2,1H3. The summed E-state index contributed by atoms with van der Waals surface area (Å²) in [5.74, 6) is 0. The highest BCUT2D eigenvalue weighted by molar-refractivity contribution is 7.93. The summed E-state index contributed by atoms with van der Waals surface area (Å²) in [5.41, 5.74) is 7.27. The van der Waals surface area contributed by atoms with Crippen LogP contribution in [0.3, 0.4) is 0 Å². The van der Waals surface area contributed by atoms with Crippen molar-refractivity contribution in [2.45, 2.75) is 24.8 Å². The summed E-state index contributed by atoms with van der Waals surface area (Å²) in [6.07, 6.45) is 0.925. The monoisotopic (exact) mass is 296 g/mol. The van der Waals surface area contributed by atoms with E-state index in [9.17, 15) is 8.42 Å². The van der Waals surface area contributed by atoms with Crippen molar-refractivity contribution in [3.8, 4) is 0 Å². The first kappa shape index (κ1) is 14.0. The third-order valence-electron chi connectivity index (χ3n) is 2.79. The Morgan fingerprint density at radius 3 is 2.47 bits per heavy atom. The molecule has 0 atom stereocenters. The molecule has 0 spiro atoms. The number of benzene rings is 1. The van der Waals surface area contributed by atoms with Crippen LogP contribution in [-0.2, 0) is 23.0 Å². The summed E-state index contributed by atoms with van der Waals surface area (Å²) in [6, 6.07) is 8.94. The zero-order valence-electron chi connectivity index (χ0n) is 10.6. The summed E-state index contributed by atoms with van der Waals surface area (Å²) in [7, 11) is -3.55. The van der Waals surface area contributed by atoms with Gasteiger partial charge in [0, 0.05) is 17.1 Å². The second kappa shape index (κ2) is 5.73. The zero-order valence-corrected chi connectivity index (χ0v) is 12.2. The van der Waals surface area contributed by atoms with Crippen LogP contribution in [0.25, 0.3) is 0 Å². The predicted molar refractivity (Wildman–Crippen MR) is 78.8 cm³/mol. The molecule has 0 saturated carbocycles. The van der Waals surface area contributed by atoms with Crippen LogP contribution < -0.4 is 10.5 Å². The number of anilines is 1. The number of hydrogen-bond donors (Lipinski definition) is 2. The summed E-state index contributed by atoms with van der Waals surface area (Å²) in [4.78, 5) is 0.928. The Balaban J connectivity index is 2.26. The first-order valence-electron chi connectivity index (χ1n) is 5.95. The smallest absolute Gasteiger partial charge is 0.263 e. The number of thiophene rings is 1. The van der Waals surface area contributed by atoms with Crippen molar-refractivity contribution in [1.29, 1.82) is 0 Å². The maximum atomic E-state index is 12.2. The minimum Gasteiger partial charge on any atom is -0.326 e. The second-order valence-corrected chi connectivity index (χ2v) is 6.72. The summed E-state index contributed by atoms with van der Waals surface area (Å²) in [5, 5.41) is 1.73. The van der Waals surface area contributed by atoms with Crippen LogP contribution in [0.15, 0.2) is 40.6 Å². The Kier molecular flexibility index (Phi) is 4.24. The molecule has 19 heavy (non-hydrogen) atoms. The van der Waals surface area contributed by atoms with Crippen molar-refractivity contribution < 1.29 is 8.42 Å². The van der Waals surface area contributed by atoms with E-state index in [1.54, 1.807) is 23.6 Å². The molecule has 4 nitrogen and oxygen atoms in total. The van der Waals surface area contributed by atoms with Gasteiger partial charge in [0.2, 0.25) is 0 Å². The lowest BCUT2D eigenvalue weighted by atomic mass is 10.2. The first-order chi connectivity index (χ1) is 9.06. The summed E-state index contributed by atoms with van der Waals surface area (Å²) >= 11 is 1.35. The maximum Gasteiger partial charge on any atom is 0.263 e. The SMILES string of the molecule is CCc1ccc(NS(=O)(=O)c2ccsc2CN)cc1. The minimum absolute atomic E-state index is 0.225. The van der Waals surface area contributed by atoms with Crippen molar-refractivity contribution in [3.05, 3.63) is 46.2 Å². The molecule has 1 aromatic heterocycles. The molecule has 0 radical (unpaired) electrons. The average Bonchev–Trinajstić information content (AvgIpc) is 2.88. The molecule has 2 rings (SSSR count). The van der Waals surface area contributed by atoms with Gasteiger partial charge in [0.25, 0.3) is 10.0 Å². The molecule has 0 saturated heterocycles. The second-order valence-electron chi connectivity index (χ2n) is 4.07. The van der Waals surface area contributed by atoms with Crippen LogP contribution in [-0.4, -0.2) is 8.42 Å². The molecule has 0 unspecified atom stereocenters. The normalized spacial score (nSPS) is 11.5. The molecule has 0 fully saturated rings. The van der Waals surface area contributed by atoms with E-state index in [4.69, 9.17) is 5.73 Å². The highest BCUT2D eigenvalue weighted by Gasteiger charge is 2.18. The number of sulfonamides is 1. The molecule has 0 aliphatic carbocycles. The number of aryl methyl sites for hydroxylation is 1. The molecule has 2 aromatic rings. The number of hydrogen-bond acceptors (Lipinski definition) is 4. The lowest BCUT2D eigenvalue weighted by molar-refractivity contribution is 0.600. The molecule has 0 bridgehead atoms. The minimum atomic E-state index is -3.55. The predicted octanol–water partition coefficient (Wildman–Crippen LogP) is 2.57. The van der Waals surface area contributed by atoms with Gasteiger partial charge in [0.05, 0.1) is 0 Å². The van der Waals surface area contributed by atoms with Gasteiger partial charge in [-0.15, -0.1) is 11.3 Å².